The molecule has 0 N–H and O–H groups in total. The fraction of sp³-hybridized carbons (Fsp3) is 0.370. The zero-order chi connectivity index (χ0) is 24.1. The van der Waals surface area contributed by atoms with Crippen LogP contribution in [0.1, 0.15) is 45.6 Å². The molecule has 0 unspecified atom stereocenters. The highest BCUT2D eigenvalue weighted by molar-refractivity contribution is 6.31. The standard InChI is InChI=1S/C27H27ClN4O3/c1-30-21-13-18-9-5-6-10-19(18)14-23(21)35-16-22(26(30)33)31-12-11-20-24(27(31)34)29-32(25(20)28)15-17-7-3-2-4-8-17/h2-4,7-8,13-14,22H,5-6,9-12,15-16H2,1H3/t22-/m0/s1. The van der Waals surface area contributed by atoms with Crippen LogP contribution in [-0.2, 0) is 30.6 Å². The highest BCUT2D eigenvalue weighted by Gasteiger charge is 2.41. The molecule has 180 valence electrons. The Labute approximate surface area is 209 Å². The van der Waals surface area contributed by atoms with Crippen LogP contribution in [0.5, 0.6) is 5.75 Å². The molecule has 3 aliphatic rings. The molecule has 0 bridgehead atoms. The zero-order valence-corrected chi connectivity index (χ0v) is 20.4. The number of hydrogen-bond donors (Lipinski definition) is 0. The van der Waals surface area contributed by atoms with E-state index in [1.54, 1.807) is 21.5 Å². The van der Waals surface area contributed by atoms with E-state index in [0.717, 1.165) is 36.1 Å². The number of amides is 2. The number of likely N-dealkylation sites (N-methyl/N-ethyl adjacent to an activating group) is 1. The molecule has 0 saturated carbocycles. The van der Waals surface area contributed by atoms with Gasteiger partial charge >= 0.3 is 0 Å². The second kappa shape index (κ2) is 8.72. The van der Waals surface area contributed by atoms with Gasteiger partial charge in [0.2, 0.25) is 0 Å². The number of fused-ring (bicyclic) bond motifs is 3. The maximum Gasteiger partial charge on any atom is 0.275 e. The van der Waals surface area contributed by atoms with E-state index in [2.05, 4.69) is 17.2 Å². The van der Waals surface area contributed by atoms with Crippen molar-refractivity contribution in [3.05, 3.63) is 75.6 Å². The number of nitrogens with zero attached hydrogens (tertiary/aromatic N) is 4. The zero-order valence-electron chi connectivity index (χ0n) is 19.7. The van der Waals surface area contributed by atoms with Gasteiger partial charge in [-0.05, 0) is 60.9 Å². The summed E-state index contributed by atoms with van der Waals surface area (Å²) in [5.74, 6) is 0.288. The van der Waals surface area contributed by atoms with Crippen molar-refractivity contribution in [1.29, 1.82) is 0 Å². The van der Waals surface area contributed by atoms with Crippen molar-refractivity contribution in [3.8, 4) is 5.75 Å². The highest BCUT2D eigenvalue weighted by Crippen LogP contribution is 2.37. The molecule has 1 aromatic heterocycles. The monoisotopic (exact) mass is 490 g/mol. The number of aromatic nitrogens is 2. The molecular formula is C27H27ClN4O3. The third kappa shape index (κ3) is 3.78. The number of hydrogen-bond acceptors (Lipinski definition) is 4. The van der Waals surface area contributed by atoms with Crippen LogP contribution in [0.2, 0.25) is 5.15 Å². The normalized spacial score (nSPS) is 19.5. The number of anilines is 1. The summed E-state index contributed by atoms with van der Waals surface area (Å²) in [5.41, 5.74) is 5.48. The third-order valence-corrected chi connectivity index (χ3v) is 7.82. The number of ether oxygens (including phenoxy) is 1. The maximum absolute atomic E-state index is 13.5. The highest BCUT2D eigenvalue weighted by atomic mass is 35.5. The lowest BCUT2D eigenvalue weighted by molar-refractivity contribution is -0.123. The van der Waals surface area contributed by atoms with Gasteiger partial charge in [-0.15, -0.1) is 0 Å². The Morgan fingerprint density at radius 3 is 2.57 bits per heavy atom. The molecule has 2 aromatic carbocycles. The quantitative estimate of drug-likeness (QED) is 0.558. The van der Waals surface area contributed by atoms with Crippen molar-refractivity contribution >= 4 is 29.1 Å². The summed E-state index contributed by atoms with van der Waals surface area (Å²) in [6, 6.07) is 13.3. The fourth-order valence-corrected chi connectivity index (χ4v) is 5.72. The van der Waals surface area contributed by atoms with Crippen LogP contribution in [0.4, 0.5) is 5.69 Å². The molecule has 3 aromatic rings. The minimum absolute atomic E-state index is 0.120. The minimum Gasteiger partial charge on any atom is -0.489 e. The largest absolute Gasteiger partial charge is 0.489 e. The Hall–Kier alpha value is -3.32. The summed E-state index contributed by atoms with van der Waals surface area (Å²) in [4.78, 5) is 30.3. The summed E-state index contributed by atoms with van der Waals surface area (Å²) < 4.78 is 7.82. The summed E-state index contributed by atoms with van der Waals surface area (Å²) in [5, 5.41) is 5.04. The Kier molecular flexibility index (Phi) is 5.52. The number of carbonyl (C=O) groups is 2. The molecule has 0 saturated heterocycles. The number of aryl methyl sites for hydroxylation is 2. The van der Waals surface area contributed by atoms with Gasteiger partial charge in [-0.3, -0.25) is 9.59 Å². The molecule has 1 atom stereocenters. The summed E-state index contributed by atoms with van der Waals surface area (Å²) in [6.45, 7) is 0.992. The van der Waals surface area contributed by atoms with E-state index in [4.69, 9.17) is 16.3 Å². The van der Waals surface area contributed by atoms with Crippen LogP contribution in [0, 0.1) is 0 Å². The smallest absolute Gasteiger partial charge is 0.275 e. The van der Waals surface area contributed by atoms with Crippen molar-refractivity contribution in [2.75, 3.05) is 25.1 Å². The van der Waals surface area contributed by atoms with E-state index in [-0.39, 0.29) is 18.4 Å². The number of rotatable bonds is 3. The van der Waals surface area contributed by atoms with E-state index in [9.17, 15) is 9.59 Å². The van der Waals surface area contributed by atoms with Crippen molar-refractivity contribution in [2.45, 2.75) is 44.7 Å². The lowest BCUT2D eigenvalue weighted by atomic mass is 9.91. The van der Waals surface area contributed by atoms with Crippen LogP contribution in [0.3, 0.4) is 0 Å². The second-order valence-corrected chi connectivity index (χ2v) is 9.89. The number of carbonyl (C=O) groups excluding carboxylic acids is 2. The van der Waals surface area contributed by atoms with Crippen LogP contribution in [0.15, 0.2) is 42.5 Å². The van der Waals surface area contributed by atoms with E-state index in [1.165, 1.54) is 17.5 Å². The molecule has 0 spiro atoms. The molecule has 2 aliphatic heterocycles. The van der Waals surface area contributed by atoms with Gasteiger partial charge in [0.1, 0.15) is 23.6 Å². The average molecular weight is 491 g/mol. The van der Waals surface area contributed by atoms with Crippen LogP contribution in [-0.4, -0.2) is 52.7 Å². The van der Waals surface area contributed by atoms with Gasteiger partial charge in [0.25, 0.3) is 11.8 Å². The molecule has 1 aliphatic carbocycles. The van der Waals surface area contributed by atoms with Crippen LogP contribution < -0.4 is 9.64 Å². The van der Waals surface area contributed by atoms with E-state index >= 15 is 0 Å². The van der Waals surface area contributed by atoms with Crippen molar-refractivity contribution in [1.82, 2.24) is 14.7 Å². The summed E-state index contributed by atoms with van der Waals surface area (Å²) >= 11 is 6.62. The van der Waals surface area contributed by atoms with Gasteiger partial charge in [-0.2, -0.15) is 5.10 Å². The topological polar surface area (TPSA) is 67.7 Å². The predicted molar refractivity (Wildman–Crippen MR) is 133 cm³/mol. The first-order valence-corrected chi connectivity index (χ1v) is 12.6. The van der Waals surface area contributed by atoms with Crippen LogP contribution >= 0.6 is 11.6 Å². The van der Waals surface area contributed by atoms with Gasteiger partial charge in [0.15, 0.2) is 5.69 Å². The summed E-state index contributed by atoms with van der Waals surface area (Å²) in [7, 11) is 1.77. The SMILES string of the molecule is CN1C(=O)[C@@H](N2CCc3c(nn(Cc4ccccc4)c3Cl)C2=O)COc2cc3c(cc21)CCCC3. The third-order valence-electron chi connectivity index (χ3n) is 7.40. The van der Waals surface area contributed by atoms with Gasteiger partial charge in [-0.25, -0.2) is 4.68 Å². The van der Waals surface area contributed by atoms with Gasteiger partial charge in [-0.1, -0.05) is 41.9 Å². The van der Waals surface area contributed by atoms with Crippen LogP contribution in [0.25, 0.3) is 0 Å². The fourth-order valence-electron chi connectivity index (χ4n) is 5.43. The van der Waals surface area contributed by atoms with E-state index in [0.29, 0.717) is 36.1 Å². The van der Waals surface area contributed by atoms with Gasteiger partial charge in [0.05, 0.1) is 12.2 Å². The lowest BCUT2D eigenvalue weighted by Crippen LogP contribution is -2.54. The molecule has 7 nitrogen and oxygen atoms in total. The Bertz CT molecular complexity index is 1320. The molecule has 0 fully saturated rings. The minimum atomic E-state index is -0.719. The van der Waals surface area contributed by atoms with E-state index in [1.807, 2.05) is 30.3 Å². The molecule has 35 heavy (non-hydrogen) atoms. The first-order valence-electron chi connectivity index (χ1n) is 12.2. The van der Waals surface area contributed by atoms with Crippen molar-refractivity contribution in [3.63, 3.8) is 0 Å². The van der Waals surface area contributed by atoms with Crippen molar-refractivity contribution in [2.24, 2.45) is 0 Å². The van der Waals surface area contributed by atoms with E-state index < -0.39 is 6.04 Å². The Balaban J connectivity index is 1.27. The average Bonchev–Trinajstić information content (AvgIpc) is 3.14. The Morgan fingerprint density at radius 1 is 1.06 bits per heavy atom. The first-order chi connectivity index (χ1) is 17.0. The summed E-state index contributed by atoms with van der Waals surface area (Å²) in [6.07, 6.45) is 4.94. The lowest BCUT2D eigenvalue weighted by Gasteiger charge is -2.33. The van der Waals surface area contributed by atoms with Crippen molar-refractivity contribution < 1.29 is 14.3 Å². The predicted octanol–water partition coefficient (Wildman–Crippen LogP) is 3.89. The maximum atomic E-state index is 13.5. The number of benzene rings is 2. The molecule has 3 heterocycles. The second-order valence-electron chi connectivity index (χ2n) is 9.53. The molecule has 0 radical (unpaired) electrons. The Morgan fingerprint density at radius 2 is 1.80 bits per heavy atom. The van der Waals surface area contributed by atoms with Gasteiger partial charge in [0, 0.05) is 19.2 Å². The molecule has 8 heteroatoms. The first kappa shape index (κ1) is 22.2. The molecule has 2 amide bonds. The molecule has 6 rings (SSSR count). The van der Waals surface area contributed by atoms with Gasteiger partial charge < -0.3 is 14.5 Å². The molecular weight excluding hydrogens is 464 g/mol. The number of halogens is 1.